The molecular formula is C20H20N2O3S. The lowest BCUT2D eigenvalue weighted by atomic mass is 9.88. The number of carbonyl (C=O) groups is 1. The highest BCUT2D eigenvalue weighted by atomic mass is 32.1. The molecule has 6 heteroatoms. The number of aromatic amines is 1. The lowest BCUT2D eigenvalue weighted by Crippen LogP contribution is -2.16. The fraction of sp³-hybridized carbons (Fsp3) is 0.350. The summed E-state index contributed by atoms with van der Waals surface area (Å²) < 4.78 is 5.44. The summed E-state index contributed by atoms with van der Waals surface area (Å²) in [7, 11) is 0. The van der Waals surface area contributed by atoms with Crippen molar-refractivity contribution in [1.29, 1.82) is 0 Å². The standard InChI is InChI=1S/C20H20N2O3S/c1-11-6-7-13-15(10-26-16(13)8-11)20(24)25-9-17-21-18-12(2)4-3-5-14(18)19(23)22-17/h3-5,10-11H,6-9H2,1-2H3,(H,21,22,23). The molecule has 1 aliphatic rings. The van der Waals surface area contributed by atoms with Crippen LogP contribution in [-0.4, -0.2) is 15.9 Å². The van der Waals surface area contributed by atoms with Crippen molar-refractivity contribution in [2.45, 2.75) is 39.7 Å². The number of benzene rings is 1. The zero-order valence-corrected chi connectivity index (χ0v) is 15.6. The highest BCUT2D eigenvalue weighted by molar-refractivity contribution is 7.10. The van der Waals surface area contributed by atoms with Crippen molar-refractivity contribution in [3.63, 3.8) is 0 Å². The average molecular weight is 368 g/mol. The highest BCUT2D eigenvalue weighted by Crippen LogP contribution is 2.33. The van der Waals surface area contributed by atoms with Gasteiger partial charge in [0.1, 0.15) is 12.4 Å². The van der Waals surface area contributed by atoms with Crippen LogP contribution in [-0.2, 0) is 24.2 Å². The summed E-state index contributed by atoms with van der Waals surface area (Å²) in [5, 5.41) is 2.44. The van der Waals surface area contributed by atoms with Crippen LogP contribution in [0.1, 0.15) is 45.5 Å². The number of thiophene rings is 1. The number of nitrogens with zero attached hydrogens (tertiary/aromatic N) is 1. The van der Waals surface area contributed by atoms with Crippen LogP contribution in [0.5, 0.6) is 0 Å². The van der Waals surface area contributed by atoms with E-state index in [9.17, 15) is 9.59 Å². The third kappa shape index (κ3) is 3.05. The lowest BCUT2D eigenvalue weighted by Gasteiger charge is -2.18. The van der Waals surface area contributed by atoms with Crippen LogP contribution in [0.2, 0.25) is 0 Å². The molecule has 0 bridgehead atoms. The minimum atomic E-state index is -0.343. The molecule has 1 aliphatic carbocycles. The fourth-order valence-electron chi connectivity index (χ4n) is 3.48. The number of para-hydroxylation sites is 1. The number of hydrogen-bond donors (Lipinski definition) is 1. The van der Waals surface area contributed by atoms with Crippen molar-refractivity contribution in [2.75, 3.05) is 0 Å². The summed E-state index contributed by atoms with van der Waals surface area (Å²) in [4.78, 5) is 33.2. The van der Waals surface area contributed by atoms with Crippen molar-refractivity contribution in [2.24, 2.45) is 5.92 Å². The molecule has 0 aliphatic heterocycles. The van der Waals surface area contributed by atoms with Gasteiger partial charge in [-0.25, -0.2) is 9.78 Å². The largest absolute Gasteiger partial charge is 0.454 e. The van der Waals surface area contributed by atoms with Crippen LogP contribution in [0.15, 0.2) is 28.4 Å². The predicted molar refractivity (Wildman–Crippen MR) is 102 cm³/mol. The van der Waals surface area contributed by atoms with E-state index in [0.29, 0.717) is 28.2 Å². The first-order valence-electron chi connectivity index (χ1n) is 8.78. The number of ether oxygens (including phenoxy) is 1. The maximum Gasteiger partial charge on any atom is 0.339 e. The number of aromatic nitrogens is 2. The van der Waals surface area contributed by atoms with Gasteiger partial charge in [-0.2, -0.15) is 0 Å². The molecule has 0 fully saturated rings. The first kappa shape index (κ1) is 17.0. The smallest absolute Gasteiger partial charge is 0.339 e. The third-order valence-corrected chi connectivity index (χ3v) is 6.00. The topological polar surface area (TPSA) is 72.1 Å². The van der Waals surface area contributed by atoms with Gasteiger partial charge in [0, 0.05) is 10.3 Å². The van der Waals surface area contributed by atoms with Crippen molar-refractivity contribution < 1.29 is 9.53 Å². The van der Waals surface area contributed by atoms with E-state index in [-0.39, 0.29) is 18.1 Å². The molecule has 1 aromatic carbocycles. The second-order valence-electron chi connectivity index (χ2n) is 6.96. The van der Waals surface area contributed by atoms with Gasteiger partial charge in [0.15, 0.2) is 0 Å². The van der Waals surface area contributed by atoms with Crippen molar-refractivity contribution >= 4 is 28.2 Å². The zero-order valence-electron chi connectivity index (χ0n) is 14.8. The third-order valence-electron chi connectivity index (χ3n) is 4.95. The molecule has 1 unspecified atom stereocenters. The number of aryl methyl sites for hydroxylation is 1. The van der Waals surface area contributed by atoms with E-state index in [4.69, 9.17) is 4.74 Å². The Hall–Kier alpha value is -2.47. The highest BCUT2D eigenvalue weighted by Gasteiger charge is 2.24. The molecule has 0 radical (unpaired) electrons. The molecule has 26 heavy (non-hydrogen) atoms. The Balaban J connectivity index is 1.55. The molecule has 2 aromatic heterocycles. The van der Waals surface area contributed by atoms with E-state index in [1.54, 1.807) is 17.4 Å². The van der Waals surface area contributed by atoms with Crippen LogP contribution in [0.25, 0.3) is 10.9 Å². The molecule has 3 aromatic rings. The summed E-state index contributed by atoms with van der Waals surface area (Å²) in [5.74, 6) is 0.688. The molecule has 5 nitrogen and oxygen atoms in total. The minimum absolute atomic E-state index is 0.0423. The average Bonchev–Trinajstić information content (AvgIpc) is 3.03. The van der Waals surface area contributed by atoms with Gasteiger partial charge < -0.3 is 9.72 Å². The van der Waals surface area contributed by atoms with Gasteiger partial charge in [0.2, 0.25) is 0 Å². The molecule has 1 atom stereocenters. The summed E-state index contributed by atoms with van der Waals surface area (Å²) >= 11 is 1.64. The number of esters is 1. The fourth-order valence-corrected chi connectivity index (χ4v) is 4.71. The summed E-state index contributed by atoms with van der Waals surface area (Å²) in [6.45, 7) is 4.10. The second kappa shape index (κ2) is 6.68. The Kier molecular flexibility index (Phi) is 4.36. The normalized spacial score (nSPS) is 16.5. The van der Waals surface area contributed by atoms with E-state index in [1.165, 1.54) is 4.88 Å². The van der Waals surface area contributed by atoms with E-state index in [1.807, 2.05) is 24.4 Å². The Morgan fingerprint density at radius 3 is 3.12 bits per heavy atom. The maximum atomic E-state index is 12.5. The zero-order chi connectivity index (χ0) is 18.3. The number of H-pyrrole nitrogens is 1. The van der Waals surface area contributed by atoms with Crippen molar-refractivity contribution in [3.8, 4) is 0 Å². The Morgan fingerprint density at radius 1 is 1.42 bits per heavy atom. The van der Waals surface area contributed by atoms with Crippen LogP contribution in [0, 0.1) is 12.8 Å². The molecule has 0 amide bonds. The maximum absolute atomic E-state index is 12.5. The van der Waals surface area contributed by atoms with Crippen LogP contribution in [0.3, 0.4) is 0 Å². The summed E-state index contributed by atoms with van der Waals surface area (Å²) in [6, 6.07) is 5.47. The molecule has 4 rings (SSSR count). The quantitative estimate of drug-likeness (QED) is 0.714. The van der Waals surface area contributed by atoms with Gasteiger partial charge in [-0.3, -0.25) is 4.79 Å². The lowest BCUT2D eigenvalue weighted by molar-refractivity contribution is 0.0461. The number of rotatable bonds is 3. The molecule has 0 spiro atoms. The second-order valence-corrected chi connectivity index (χ2v) is 7.92. The number of carbonyl (C=O) groups excluding carboxylic acids is 1. The number of nitrogens with one attached hydrogen (secondary N) is 1. The first-order chi connectivity index (χ1) is 12.5. The van der Waals surface area contributed by atoms with E-state index < -0.39 is 0 Å². The van der Waals surface area contributed by atoms with E-state index in [2.05, 4.69) is 16.9 Å². The first-order valence-corrected chi connectivity index (χ1v) is 9.65. The monoisotopic (exact) mass is 368 g/mol. The van der Waals surface area contributed by atoms with Gasteiger partial charge in [-0.05, 0) is 49.3 Å². The SMILES string of the molecule is Cc1cccc2c(=O)[nH]c(COC(=O)c3csc4c3CCC(C)C4)nc12. The van der Waals surface area contributed by atoms with Crippen LogP contribution < -0.4 is 5.56 Å². The number of fused-ring (bicyclic) bond motifs is 2. The van der Waals surface area contributed by atoms with Crippen LogP contribution in [0.4, 0.5) is 0 Å². The summed E-state index contributed by atoms with van der Waals surface area (Å²) in [5.41, 5.74) is 3.14. The predicted octanol–water partition coefficient (Wildman–Crippen LogP) is 3.77. The molecule has 0 saturated carbocycles. The van der Waals surface area contributed by atoms with Gasteiger partial charge in [-0.15, -0.1) is 11.3 Å². The van der Waals surface area contributed by atoms with E-state index >= 15 is 0 Å². The Labute approximate surface area is 155 Å². The molecular weight excluding hydrogens is 348 g/mol. The molecule has 2 heterocycles. The Bertz CT molecular complexity index is 1050. The van der Waals surface area contributed by atoms with Crippen molar-refractivity contribution in [1.82, 2.24) is 9.97 Å². The number of hydrogen-bond acceptors (Lipinski definition) is 5. The molecule has 1 N–H and O–H groups in total. The summed E-state index contributed by atoms with van der Waals surface area (Å²) in [6.07, 6.45) is 3.06. The Morgan fingerprint density at radius 2 is 2.27 bits per heavy atom. The van der Waals surface area contributed by atoms with Crippen LogP contribution >= 0.6 is 11.3 Å². The van der Waals surface area contributed by atoms with E-state index in [0.717, 1.165) is 30.4 Å². The molecule has 134 valence electrons. The van der Waals surface area contributed by atoms with Gasteiger partial charge in [0.25, 0.3) is 5.56 Å². The van der Waals surface area contributed by atoms with Gasteiger partial charge in [-0.1, -0.05) is 19.1 Å². The minimum Gasteiger partial charge on any atom is -0.454 e. The molecule has 0 saturated heterocycles. The van der Waals surface area contributed by atoms with Gasteiger partial charge in [0.05, 0.1) is 16.5 Å². The van der Waals surface area contributed by atoms with Crippen molar-refractivity contribution in [3.05, 3.63) is 61.3 Å². The van der Waals surface area contributed by atoms with Gasteiger partial charge >= 0.3 is 5.97 Å².